The van der Waals surface area contributed by atoms with Crippen molar-refractivity contribution in [2.75, 3.05) is 6.54 Å². The van der Waals surface area contributed by atoms with Gasteiger partial charge >= 0.3 is 5.97 Å². The first-order chi connectivity index (χ1) is 7.93. The van der Waals surface area contributed by atoms with Crippen LogP contribution in [0, 0.1) is 11.3 Å². The molecule has 0 aromatic carbocycles. The Kier molecular flexibility index (Phi) is 5.44. The van der Waals surface area contributed by atoms with Crippen molar-refractivity contribution in [1.82, 2.24) is 0 Å². The summed E-state index contributed by atoms with van der Waals surface area (Å²) in [6.07, 6.45) is 5.86. The molecule has 1 aliphatic carbocycles. The van der Waals surface area contributed by atoms with Crippen molar-refractivity contribution in [3.8, 4) is 0 Å². The van der Waals surface area contributed by atoms with Gasteiger partial charge in [0.05, 0.1) is 0 Å². The van der Waals surface area contributed by atoms with Gasteiger partial charge in [-0.3, -0.25) is 4.79 Å². The van der Waals surface area contributed by atoms with E-state index in [0.717, 1.165) is 32.1 Å². The van der Waals surface area contributed by atoms with Gasteiger partial charge in [-0.25, -0.2) is 0 Å². The van der Waals surface area contributed by atoms with Gasteiger partial charge in [-0.1, -0.05) is 20.8 Å². The zero-order valence-corrected chi connectivity index (χ0v) is 11.5. The minimum Gasteiger partial charge on any atom is -0.462 e. The Morgan fingerprint density at radius 3 is 2.53 bits per heavy atom. The van der Waals surface area contributed by atoms with E-state index < -0.39 is 0 Å². The number of nitrogens with two attached hydrogens (primary N) is 1. The Bertz CT molecular complexity index is 241. The van der Waals surface area contributed by atoms with Gasteiger partial charge in [0, 0.05) is 6.42 Å². The smallest absolute Gasteiger partial charge is 0.306 e. The van der Waals surface area contributed by atoms with E-state index in [1.165, 1.54) is 0 Å². The lowest BCUT2D eigenvalue weighted by molar-refractivity contribution is -0.151. The van der Waals surface area contributed by atoms with Gasteiger partial charge in [0.25, 0.3) is 0 Å². The van der Waals surface area contributed by atoms with Gasteiger partial charge in [-0.05, 0) is 50.0 Å². The molecule has 1 atom stereocenters. The van der Waals surface area contributed by atoms with Crippen molar-refractivity contribution in [2.24, 2.45) is 17.1 Å². The number of hydrogen-bond donors (Lipinski definition) is 1. The molecule has 3 nitrogen and oxygen atoms in total. The Balaban J connectivity index is 2.19. The summed E-state index contributed by atoms with van der Waals surface area (Å²) in [6.45, 7) is 7.28. The average molecular weight is 241 g/mol. The van der Waals surface area contributed by atoms with E-state index in [1.807, 2.05) is 0 Å². The van der Waals surface area contributed by atoms with Crippen LogP contribution in [0.15, 0.2) is 0 Å². The molecular formula is C14H27NO2. The molecule has 2 N–H and O–H groups in total. The molecule has 0 spiro atoms. The first kappa shape index (κ1) is 14.5. The lowest BCUT2D eigenvalue weighted by Crippen LogP contribution is -2.28. The highest BCUT2D eigenvalue weighted by Gasteiger charge is 2.28. The first-order valence-corrected chi connectivity index (χ1v) is 6.82. The summed E-state index contributed by atoms with van der Waals surface area (Å²) in [4.78, 5) is 11.6. The fourth-order valence-corrected chi connectivity index (χ4v) is 2.22. The summed E-state index contributed by atoms with van der Waals surface area (Å²) >= 11 is 0. The summed E-state index contributed by atoms with van der Waals surface area (Å²) in [5.41, 5.74) is 5.95. The van der Waals surface area contributed by atoms with Gasteiger partial charge in [0.2, 0.25) is 0 Å². The number of esters is 1. The van der Waals surface area contributed by atoms with E-state index in [-0.39, 0.29) is 12.1 Å². The van der Waals surface area contributed by atoms with Crippen LogP contribution >= 0.6 is 0 Å². The lowest BCUT2D eigenvalue weighted by atomic mass is 9.76. The Morgan fingerprint density at radius 1 is 1.41 bits per heavy atom. The largest absolute Gasteiger partial charge is 0.462 e. The Labute approximate surface area is 105 Å². The van der Waals surface area contributed by atoms with Gasteiger partial charge in [0.1, 0.15) is 6.10 Å². The van der Waals surface area contributed by atoms with Crippen molar-refractivity contribution < 1.29 is 9.53 Å². The maximum Gasteiger partial charge on any atom is 0.306 e. The molecule has 1 saturated carbocycles. The van der Waals surface area contributed by atoms with E-state index in [2.05, 4.69) is 20.8 Å². The molecule has 0 bridgehead atoms. The van der Waals surface area contributed by atoms with Crippen LogP contribution in [0.2, 0.25) is 0 Å². The maximum absolute atomic E-state index is 11.6. The van der Waals surface area contributed by atoms with Crippen LogP contribution in [-0.2, 0) is 9.53 Å². The van der Waals surface area contributed by atoms with Gasteiger partial charge in [0.15, 0.2) is 0 Å². The third kappa shape index (κ3) is 5.53. The van der Waals surface area contributed by atoms with Gasteiger partial charge in [-0.2, -0.15) is 0 Å². The van der Waals surface area contributed by atoms with Crippen LogP contribution < -0.4 is 5.73 Å². The second-order valence-electron chi connectivity index (χ2n) is 6.23. The molecule has 1 aliphatic rings. The molecule has 0 heterocycles. The standard InChI is InChI=1S/C14H27NO2/c1-11(10-15)4-5-13(16)17-12-6-8-14(2,3)9-7-12/h11-12H,4-10,15H2,1-3H3. The predicted octanol–water partition coefficient (Wildman–Crippen LogP) is 2.87. The Morgan fingerprint density at radius 2 is 2.00 bits per heavy atom. The summed E-state index contributed by atoms with van der Waals surface area (Å²) in [5.74, 6) is 0.364. The van der Waals surface area contributed by atoms with E-state index >= 15 is 0 Å². The van der Waals surface area contributed by atoms with Gasteiger partial charge in [-0.15, -0.1) is 0 Å². The van der Waals surface area contributed by atoms with Crippen molar-refractivity contribution in [3.05, 3.63) is 0 Å². The van der Waals surface area contributed by atoms with Crippen LogP contribution in [-0.4, -0.2) is 18.6 Å². The zero-order chi connectivity index (χ0) is 12.9. The molecule has 0 aliphatic heterocycles. The van der Waals surface area contributed by atoms with Crippen LogP contribution in [0.1, 0.15) is 59.3 Å². The number of carbonyl (C=O) groups excluding carboxylic acids is 1. The van der Waals surface area contributed by atoms with Crippen LogP contribution in [0.25, 0.3) is 0 Å². The molecule has 0 aromatic rings. The van der Waals surface area contributed by atoms with Crippen molar-refractivity contribution in [3.63, 3.8) is 0 Å². The molecule has 3 heteroatoms. The minimum absolute atomic E-state index is 0.0463. The number of rotatable bonds is 5. The molecule has 17 heavy (non-hydrogen) atoms. The SMILES string of the molecule is CC(CN)CCC(=O)OC1CCC(C)(C)CC1. The van der Waals surface area contributed by atoms with Crippen LogP contribution in [0.4, 0.5) is 0 Å². The number of ether oxygens (including phenoxy) is 1. The van der Waals surface area contributed by atoms with E-state index in [1.54, 1.807) is 0 Å². The zero-order valence-electron chi connectivity index (χ0n) is 11.5. The first-order valence-electron chi connectivity index (χ1n) is 6.82. The molecular weight excluding hydrogens is 214 g/mol. The van der Waals surface area contributed by atoms with E-state index in [4.69, 9.17) is 10.5 Å². The third-order valence-electron chi connectivity index (χ3n) is 3.83. The summed E-state index contributed by atoms with van der Waals surface area (Å²) in [5, 5.41) is 0. The van der Waals surface area contributed by atoms with Crippen molar-refractivity contribution in [1.29, 1.82) is 0 Å². The maximum atomic E-state index is 11.6. The highest BCUT2D eigenvalue weighted by Crippen LogP contribution is 2.36. The van der Waals surface area contributed by atoms with Crippen molar-refractivity contribution in [2.45, 2.75) is 65.4 Å². The molecule has 100 valence electrons. The molecule has 1 rings (SSSR count). The molecule has 0 aromatic heterocycles. The summed E-state index contributed by atoms with van der Waals surface area (Å²) < 4.78 is 5.50. The second kappa shape index (κ2) is 6.39. The Hall–Kier alpha value is -0.570. The van der Waals surface area contributed by atoms with E-state index in [0.29, 0.717) is 24.3 Å². The number of hydrogen-bond acceptors (Lipinski definition) is 3. The van der Waals surface area contributed by atoms with Gasteiger partial charge < -0.3 is 10.5 Å². The minimum atomic E-state index is -0.0463. The lowest BCUT2D eigenvalue weighted by Gasteiger charge is -2.33. The van der Waals surface area contributed by atoms with Crippen LogP contribution in [0.3, 0.4) is 0 Å². The second-order valence-corrected chi connectivity index (χ2v) is 6.23. The molecule has 0 amide bonds. The fraction of sp³-hybridized carbons (Fsp3) is 0.929. The van der Waals surface area contributed by atoms with Crippen molar-refractivity contribution >= 4 is 5.97 Å². The highest BCUT2D eigenvalue weighted by atomic mass is 16.5. The van der Waals surface area contributed by atoms with E-state index in [9.17, 15) is 4.79 Å². The topological polar surface area (TPSA) is 52.3 Å². The predicted molar refractivity (Wildman–Crippen MR) is 69.6 cm³/mol. The third-order valence-corrected chi connectivity index (χ3v) is 3.83. The molecule has 0 radical (unpaired) electrons. The monoisotopic (exact) mass is 241 g/mol. The fourth-order valence-electron chi connectivity index (χ4n) is 2.22. The highest BCUT2D eigenvalue weighted by molar-refractivity contribution is 5.69. The average Bonchev–Trinajstić information content (AvgIpc) is 2.29. The molecule has 1 unspecified atom stereocenters. The normalized spacial score (nSPS) is 22.1. The quantitative estimate of drug-likeness (QED) is 0.753. The summed E-state index contributed by atoms with van der Waals surface area (Å²) in [6, 6.07) is 0. The van der Waals surface area contributed by atoms with Crippen LogP contribution in [0.5, 0.6) is 0 Å². The molecule has 0 saturated heterocycles. The summed E-state index contributed by atoms with van der Waals surface area (Å²) in [7, 11) is 0. The molecule has 1 fully saturated rings. The number of carbonyl (C=O) groups is 1.